The van der Waals surface area contributed by atoms with Crippen LogP contribution in [0.25, 0.3) is 0 Å². The topological polar surface area (TPSA) is 79.4 Å². The van der Waals surface area contributed by atoms with Crippen LogP contribution in [-0.4, -0.2) is 77.9 Å². The molecule has 1 aromatic carbocycles. The summed E-state index contributed by atoms with van der Waals surface area (Å²) in [5.74, 6) is 0.729. The van der Waals surface area contributed by atoms with Crippen molar-refractivity contribution in [2.45, 2.75) is 45.7 Å². The number of carbonyl (C=O) groups excluding carboxylic acids is 3. The molecule has 0 bridgehead atoms. The van der Waals surface area contributed by atoms with Crippen molar-refractivity contribution in [3.05, 3.63) is 35.9 Å². The van der Waals surface area contributed by atoms with Gasteiger partial charge in [-0.25, -0.2) is 0 Å². The van der Waals surface area contributed by atoms with E-state index in [1.165, 1.54) is 4.90 Å². The maximum atomic E-state index is 13.7. The maximum absolute atomic E-state index is 13.7. The predicted molar refractivity (Wildman–Crippen MR) is 130 cm³/mol. The summed E-state index contributed by atoms with van der Waals surface area (Å²) in [4.78, 5) is 45.5. The van der Waals surface area contributed by atoms with Gasteiger partial charge in [0.05, 0.1) is 11.8 Å². The minimum Gasteiger partial charge on any atom is -0.486 e. The van der Waals surface area contributed by atoms with E-state index in [0.29, 0.717) is 45.6 Å². The van der Waals surface area contributed by atoms with E-state index in [9.17, 15) is 14.4 Å². The van der Waals surface area contributed by atoms with Crippen LogP contribution in [0.1, 0.15) is 38.7 Å². The Labute approximate surface area is 206 Å². The summed E-state index contributed by atoms with van der Waals surface area (Å²) < 4.78 is 11.3. The standard InChI is InChI=1S/C27H35N3O5/c1-18(2)15-22(30-25(31)20-5-3-4-6-21(20)26(30)32)27(33)29-11-9-28(10-12-29)17-19-7-8-23-24(16-19)35-14-13-34-23/h3-4,7-8,16,18,20-22H,5-6,9-15,17H2,1-2H3. The minimum absolute atomic E-state index is 0.0917. The van der Waals surface area contributed by atoms with Crippen LogP contribution in [0.3, 0.4) is 0 Å². The van der Waals surface area contributed by atoms with Crippen LogP contribution in [0, 0.1) is 17.8 Å². The Hall–Kier alpha value is -2.87. The number of hydrogen-bond acceptors (Lipinski definition) is 6. The molecule has 8 heteroatoms. The molecule has 3 heterocycles. The SMILES string of the molecule is CC(C)CC(C(=O)N1CCN(Cc2ccc3c(c2)OCCO3)CC1)N1C(=O)C2CC=CCC2C1=O. The average molecular weight is 482 g/mol. The lowest BCUT2D eigenvalue weighted by molar-refractivity contribution is -0.153. The molecule has 8 nitrogen and oxygen atoms in total. The molecule has 0 aromatic heterocycles. The lowest BCUT2D eigenvalue weighted by Crippen LogP contribution is -2.56. The van der Waals surface area contributed by atoms with Crippen LogP contribution < -0.4 is 9.47 Å². The Morgan fingerprint density at radius 1 is 0.943 bits per heavy atom. The van der Waals surface area contributed by atoms with Crippen LogP contribution in [0.4, 0.5) is 0 Å². The van der Waals surface area contributed by atoms with Gasteiger partial charge in [-0.3, -0.25) is 24.2 Å². The smallest absolute Gasteiger partial charge is 0.245 e. The summed E-state index contributed by atoms with van der Waals surface area (Å²) in [5.41, 5.74) is 1.15. The van der Waals surface area contributed by atoms with E-state index in [2.05, 4.69) is 11.0 Å². The summed E-state index contributed by atoms with van der Waals surface area (Å²) in [5, 5.41) is 0. The molecule has 0 N–H and O–H groups in total. The number of imide groups is 1. The average Bonchev–Trinajstić information content (AvgIpc) is 3.12. The number of rotatable bonds is 6. The van der Waals surface area contributed by atoms with Crippen molar-refractivity contribution >= 4 is 17.7 Å². The first-order valence-electron chi connectivity index (χ1n) is 12.8. The second-order valence-corrected chi connectivity index (χ2v) is 10.4. The molecule has 4 aliphatic rings. The molecule has 0 radical (unpaired) electrons. The van der Waals surface area contributed by atoms with Gasteiger partial charge in [-0.1, -0.05) is 32.1 Å². The number of piperazine rings is 1. The molecule has 3 aliphatic heterocycles. The van der Waals surface area contributed by atoms with Crippen LogP contribution in [-0.2, 0) is 20.9 Å². The van der Waals surface area contributed by atoms with Gasteiger partial charge in [-0.15, -0.1) is 0 Å². The van der Waals surface area contributed by atoms with Crippen LogP contribution in [0.2, 0.25) is 0 Å². The Bertz CT molecular complexity index is 988. The van der Waals surface area contributed by atoms with Crippen molar-refractivity contribution in [1.82, 2.24) is 14.7 Å². The van der Waals surface area contributed by atoms with Crippen molar-refractivity contribution < 1.29 is 23.9 Å². The van der Waals surface area contributed by atoms with Crippen molar-refractivity contribution in [1.29, 1.82) is 0 Å². The van der Waals surface area contributed by atoms with E-state index in [0.717, 1.165) is 36.7 Å². The second-order valence-electron chi connectivity index (χ2n) is 10.4. The van der Waals surface area contributed by atoms with E-state index in [4.69, 9.17) is 9.47 Å². The molecule has 188 valence electrons. The summed E-state index contributed by atoms with van der Waals surface area (Å²) >= 11 is 0. The molecule has 3 atom stereocenters. The van der Waals surface area contributed by atoms with Gasteiger partial charge in [-0.2, -0.15) is 0 Å². The van der Waals surface area contributed by atoms with Crippen LogP contribution in [0.5, 0.6) is 11.5 Å². The Balaban J connectivity index is 1.23. The third-order valence-corrected chi connectivity index (χ3v) is 7.53. The zero-order chi connectivity index (χ0) is 24.5. The normalized spacial score (nSPS) is 25.2. The lowest BCUT2D eigenvalue weighted by Gasteiger charge is -2.38. The number of nitrogens with zero attached hydrogens (tertiary/aromatic N) is 3. The zero-order valence-electron chi connectivity index (χ0n) is 20.7. The Morgan fingerprint density at radius 3 is 2.20 bits per heavy atom. The molecule has 0 spiro atoms. The monoisotopic (exact) mass is 481 g/mol. The number of benzene rings is 1. The number of fused-ring (bicyclic) bond motifs is 2. The predicted octanol–water partition coefficient (Wildman–Crippen LogP) is 2.47. The largest absolute Gasteiger partial charge is 0.486 e. The Morgan fingerprint density at radius 2 is 1.57 bits per heavy atom. The third kappa shape index (κ3) is 4.81. The summed E-state index contributed by atoms with van der Waals surface area (Å²) in [7, 11) is 0. The number of likely N-dealkylation sites (tertiary alicyclic amines) is 1. The highest BCUT2D eigenvalue weighted by molar-refractivity contribution is 6.08. The molecular weight excluding hydrogens is 446 g/mol. The number of hydrogen-bond donors (Lipinski definition) is 0. The van der Waals surface area contributed by atoms with Crippen LogP contribution >= 0.6 is 0 Å². The fourth-order valence-electron chi connectivity index (χ4n) is 5.68. The number of carbonyl (C=O) groups is 3. The third-order valence-electron chi connectivity index (χ3n) is 7.53. The number of ether oxygens (including phenoxy) is 2. The summed E-state index contributed by atoms with van der Waals surface area (Å²) in [6.45, 7) is 8.63. The van der Waals surface area contributed by atoms with Gasteiger partial charge in [0.1, 0.15) is 19.3 Å². The zero-order valence-corrected chi connectivity index (χ0v) is 20.7. The number of allylic oxidation sites excluding steroid dienone is 2. The molecule has 3 unspecified atom stereocenters. The van der Waals surface area contributed by atoms with Crippen LogP contribution in [0.15, 0.2) is 30.4 Å². The van der Waals surface area contributed by atoms with Gasteiger partial charge in [-0.05, 0) is 42.9 Å². The van der Waals surface area contributed by atoms with Crippen molar-refractivity contribution in [2.24, 2.45) is 17.8 Å². The van der Waals surface area contributed by atoms with E-state index >= 15 is 0 Å². The van der Waals surface area contributed by atoms with E-state index < -0.39 is 6.04 Å². The first-order chi connectivity index (χ1) is 16.9. The molecule has 0 saturated carbocycles. The molecule has 2 saturated heterocycles. The van der Waals surface area contributed by atoms with Gasteiger partial charge >= 0.3 is 0 Å². The second kappa shape index (κ2) is 10.0. The van der Waals surface area contributed by atoms with Gasteiger partial charge in [0.15, 0.2) is 11.5 Å². The molecule has 2 fully saturated rings. The van der Waals surface area contributed by atoms with E-state index in [-0.39, 0.29) is 35.5 Å². The first-order valence-corrected chi connectivity index (χ1v) is 12.8. The quantitative estimate of drug-likeness (QED) is 0.459. The summed E-state index contributed by atoms with van der Waals surface area (Å²) in [6, 6.07) is 5.34. The highest BCUT2D eigenvalue weighted by atomic mass is 16.6. The minimum atomic E-state index is -0.704. The molecule has 5 rings (SSSR count). The highest BCUT2D eigenvalue weighted by Crippen LogP contribution is 2.37. The molecule has 3 amide bonds. The Kier molecular flexibility index (Phi) is 6.82. The highest BCUT2D eigenvalue weighted by Gasteiger charge is 2.51. The first kappa shape index (κ1) is 23.9. The van der Waals surface area contributed by atoms with Crippen molar-refractivity contribution in [3.8, 4) is 11.5 Å². The molecular formula is C27H35N3O5. The lowest BCUT2D eigenvalue weighted by atomic mass is 9.85. The van der Waals surface area contributed by atoms with Gasteiger partial charge in [0.2, 0.25) is 17.7 Å². The maximum Gasteiger partial charge on any atom is 0.245 e. The van der Waals surface area contributed by atoms with Gasteiger partial charge in [0.25, 0.3) is 0 Å². The summed E-state index contributed by atoms with van der Waals surface area (Å²) in [6.07, 6.45) is 5.65. The van der Waals surface area contributed by atoms with E-state index in [1.54, 1.807) is 0 Å². The molecule has 1 aliphatic carbocycles. The molecule has 1 aromatic rings. The van der Waals surface area contributed by atoms with E-state index in [1.807, 2.05) is 43.0 Å². The fourth-order valence-corrected chi connectivity index (χ4v) is 5.68. The molecule has 35 heavy (non-hydrogen) atoms. The van der Waals surface area contributed by atoms with Gasteiger partial charge in [0, 0.05) is 32.7 Å². The fraction of sp³-hybridized carbons (Fsp3) is 0.593. The van der Waals surface area contributed by atoms with Crippen molar-refractivity contribution in [2.75, 3.05) is 39.4 Å². The van der Waals surface area contributed by atoms with Gasteiger partial charge < -0.3 is 14.4 Å². The number of amides is 3. The van der Waals surface area contributed by atoms with Crippen molar-refractivity contribution in [3.63, 3.8) is 0 Å².